The van der Waals surface area contributed by atoms with Crippen LogP contribution in [0.25, 0.3) is 11.2 Å². The number of unbranched alkanes of at least 4 members (excludes halogenated alkanes) is 1. The smallest absolute Gasteiger partial charge is 0.326 e. The summed E-state index contributed by atoms with van der Waals surface area (Å²) in [5, 5.41) is 16.0. The monoisotopic (exact) mass is 576 g/mol. The molecule has 0 fully saturated rings. The molecule has 6 N–H and O–H groups in total. The summed E-state index contributed by atoms with van der Waals surface area (Å²) < 4.78 is 0. The summed E-state index contributed by atoms with van der Waals surface area (Å²) in [5.41, 5.74) is 5.89. The van der Waals surface area contributed by atoms with E-state index in [9.17, 15) is 24.3 Å². The predicted molar refractivity (Wildman–Crippen MR) is 154 cm³/mol. The van der Waals surface area contributed by atoms with E-state index in [0.717, 1.165) is 17.2 Å². The molecule has 1 aromatic carbocycles. The van der Waals surface area contributed by atoms with Crippen molar-refractivity contribution in [3.63, 3.8) is 0 Å². The molecule has 0 saturated heterocycles. The first kappa shape index (κ1) is 29.1. The Bertz CT molecular complexity index is 1580. The minimum absolute atomic E-state index is 0.00248. The Labute approximate surface area is 238 Å². The van der Waals surface area contributed by atoms with E-state index in [4.69, 9.17) is 5.73 Å². The number of thioether (sulfide) groups is 1. The first-order chi connectivity index (χ1) is 19.8. The Morgan fingerprint density at radius 3 is 2.56 bits per heavy atom. The molecule has 4 rings (SSSR count). The van der Waals surface area contributed by atoms with Gasteiger partial charge in [0.1, 0.15) is 17.6 Å². The number of ketones is 1. The number of nitrogens with one attached hydrogen (secondary N) is 3. The Morgan fingerprint density at radius 2 is 1.83 bits per heavy atom. The number of anilines is 3. The number of hydrogen-bond acceptors (Lipinski definition) is 11. The number of aliphatic carboxylic acids is 1. The maximum absolute atomic E-state index is 12.7. The molecule has 0 saturated carbocycles. The largest absolute Gasteiger partial charge is 0.480 e. The second kappa shape index (κ2) is 14.0. The summed E-state index contributed by atoms with van der Waals surface area (Å²) in [4.78, 5) is 67.5. The fourth-order valence-electron chi connectivity index (χ4n) is 3.81. The lowest BCUT2D eigenvalue weighted by Gasteiger charge is -2.14. The van der Waals surface area contributed by atoms with Crippen LogP contribution in [0.4, 0.5) is 17.5 Å². The Hall–Kier alpha value is -4.85. The highest BCUT2D eigenvalue weighted by atomic mass is 32.2. The molecular weight excluding hydrogens is 548 g/mol. The topological polar surface area (TPSA) is 206 Å². The highest BCUT2D eigenvalue weighted by Gasteiger charge is 2.21. The zero-order valence-electron chi connectivity index (χ0n) is 21.9. The van der Waals surface area contributed by atoms with E-state index in [-0.39, 0.29) is 47.1 Å². The first-order valence-corrected chi connectivity index (χ1v) is 13.8. The van der Waals surface area contributed by atoms with Crippen molar-refractivity contribution in [1.29, 1.82) is 0 Å². The molecule has 0 spiro atoms. The van der Waals surface area contributed by atoms with Gasteiger partial charge in [-0.25, -0.2) is 19.7 Å². The van der Waals surface area contributed by atoms with Crippen molar-refractivity contribution in [1.82, 2.24) is 30.2 Å². The van der Waals surface area contributed by atoms with Gasteiger partial charge in [-0.2, -0.15) is 4.98 Å². The van der Waals surface area contributed by atoms with Gasteiger partial charge in [0.15, 0.2) is 11.2 Å². The molecule has 0 aliphatic rings. The normalized spacial score (nSPS) is 11.6. The number of hydrogen-bond donors (Lipinski definition) is 5. The number of rotatable bonds is 14. The number of carbonyl (C=O) groups is 3. The van der Waals surface area contributed by atoms with E-state index < -0.39 is 23.5 Å². The zero-order chi connectivity index (χ0) is 29.2. The molecule has 0 bridgehead atoms. The van der Waals surface area contributed by atoms with E-state index in [2.05, 4.69) is 35.6 Å². The average molecular weight is 577 g/mol. The average Bonchev–Trinajstić information content (AvgIpc) is 2.96. The number of amides is 1. The third-order valence-corrected chi connectivity index (χ3v) is 6.94. The number of fused-ring (bicyclic) bond motifs is 1. The Morgan fingerprint density at radius 1 is 1.02 bits per heavy atom. The standard InChI is InChI=1S/C27H28N8O5S/c28-27-34-23-22(25(38)35-27)33-20(15-30-23)31-17-9-7-16(8-10-17)24(37)32-19(26(39)40)12-11-18(36)5-2-4-14-41-21-6-1-3-13-29-21/h1,3,6-10,13,15,19H,2,4-5,11-12,14H2,(H,31,33)(H,32,37)(H,39,40)(H3,28,30,34,35,38). The summed E-state index contributed by atoms with van der Waals surface area (Å²) in [6.45, 7) is 0. The molecule has 4 aromatic rings. The number of nitrogens with two attached hydrogens (primary N) is 1. The second-order valence-electron chi connectivity index (χ2n) is 9.00. The van der Waals surface area contributed by atoms with Gasteiger partial charge in [-0.15, -0.1) is 11.8 Å². The highest BCUT2D eigenvalue weighted by molar-refractivity contribution is 7.99. The predicted octanol–water partition coefficient (Wildman–Crippen LogP) is 2.93. The molecule has 0 aliphatic heterocycles. The summed E-state index contributed by atoms with van der Waals surface area (Å²) in [5.74, 6) is -0.780. The number of aromatic nitrogens is 5. The molecule has 1 unspecified atom stereocenters. The maximum Gasteiger partial charge on any atom is 0.326 e. The van der Waals surface area contributed by atoms with Crippen LogP contribution in [0.2, 0.25) is 0 Å². The van der Waals surface area contributed by atoms with E-state index in [1.54, 1.807) is 30.1 Å². The van der Waals surface area contributed by atoms with E-state index in [0.29, 0.717) is 18.5 Å². The summed E-state index contributed by atoms with van der Waals surface area (Å²) in [6, 6.07) is 10.7. The maximum atomic E-state index is 12.7. The van der Waals surface area contributed by atoms with Gasteiger partial charge < -0.3 is 21.5 Å². The summed E-state index contributed by atoms with van der Waals surface area (Å²) in [7, 11) is 0. The number of aromatic amines is 1. The molecule has 1 atom stereocenters. The van der Waals surface area contributed by atoms with Crippen molar-refractivity contribution in [2.75, 3.05) is 16.8 Å². The van der Waals surface area contributed by atoms with E-state index in [1.807, 2.05) is 18.2 Å². The van der Waals surface area contributed by atoms with Crippen LogP contribution in [-0.2, 0) is 9.59 Å². The quantitative estimate of drug-likeness (QED) is 0.108. The molecular formula is C27H28N8O5S. The van der Waals surface area contributed by atoms with Crippen LogP contribution in [-0.4, -0.2) is 59.5 Å². The van der Waals surface area contributed by atoms with Gasteiger partial charge in [0, 0.05) is 30.3 Å². The lowest BCUT2D eigenvalue weighted by Crippen LogP contribution is -2.41. The van der Waals surface area contributed by atoms with Gasteiger partial charge >= 0.3 is 5.97 Å². The van der Waals surface area contributed by atoms with Gasteiger partial charge in [0.25, 0.3) is 11.5 Å². The number of nitrogens with zero attached hydrogens (tertiary/aromatic N) is 4. The van der Waals surface area contributed by atoms with Crippen LogP contribution in [0, 0.1) is 0 Å². The summed E-state index contributed by atoms with van der Waals surface area (Å²) in [6.07, 6.45) is 5.09. The van der Waals surface area contributed by atoms with Crippen molar-refractivity contribution >= 4 is 58.0 Å². The molecule has 14 heteroatoms. The molecule has 0 radical (unpaired) electrons. The third-order valence-electron chi connectivity index (χ3n) is 5.91. The van der Waals surface area contributed by atoms with Gasteiger partial charge in [0.05, 0.1) is 11.2 Å². The molecule has 0 aliphatic carbocycles. The number of nitrogen functional groups attached to an aromatic ring is 1. The van der Waals surface area contributed by atoms with Crippen molar-refractivity contribution in [3.8, 4) is 0 Å². The number of benzene rings is 1. The number of Topliss-reactive ketones (excluding diaryl/α,β-unsaturated/α-hetero) is 1. The molecule has 212 valence electrons. The third kappa shape index (κ3) is 8.57. The molecule has 41 heavy (non-hydrogen) atoms. The minimum Gasteiger partial charge on any atom is -0.480 e. The van der Waals surface area contributed by atoms with Crippen molar-refractivity contribution in [2.45, 2.75) is 43.2 Å². The lowest BCUT2D eigenvalue weighted by atomic mass is 10.0. The Kier molecular flexibility index (Phi) is 9.94. The number of carboxylic acids is 1. The highest BCUT2D eigenvalue weighted by Crippen LogP contribution is 2.18. The summed E-state index contributed by atoms with van der Waals surface area (Å²) >= 11 is 1.63. The number of pyridine rings is 1. The van der Waals surface area contributed by atoms with Crippen LogP contribution in [0.1, 0.15) is 42.5 Å². The molecule has 3 heterocycles. The minimum atomic E-state index is -1.21. The molecule has 1 amide bonds. The van der Waals surface area contributed by atoms with Crippen molar-refractivity contribution in [3.05, 3.63) is 70.8 Å². The van der Waals surface area contributed by atoms with Crippen LogP contribution < -0.4 is 21.9 Å². The lowest BCUT2D eigenvalue weighted by molar-refractivity contribution is -0.139. The van der Waals surface area contributed by atoms with Crippen molar-refractivity contribution < 1.29 is 19.5 Å². The van der Waals surface area contributed by atoms with E-state index >= 15 is 0 Å². The van der Waals surface area contributed by atoms with Gasteiger partial charge in [-0.1, -0.05) is 6.07 Å². The van der Waals surface area contributed by atoms with Crippen LogP contribution in [0.5, 0.6) is 0 Å². The number of H-pyrrole nitrogens is 1. The SMILES string of the molecule is Nc1nc2ncc(Nc3ccc(C(=O)NC(CCC(=O)CCCCSc4ccccn4)C(=O)O)cc3)nc2c(=O)[nH]1. The molecule has 13 nitrogen and oxygen atoms in total. The van der Waals surface area contributed by atoms with Crippen LogP contribution >= 0.6 is 11.8 Å². The fourth-order valence-corrected chi connectivity index (χ4v) is 4.68. The van der Waals surface area contributed by atoms with Crippen LogP contribution in [0.3, 0.4) is 0 Å². The van der Waals surface area contributed by atoms with Gasteiger partial charge in [-0.05, 0) is 61.4 Å². The second-order valence-corrected chi connectivity index (χ2v) is 10.1. The van der Waals surface area contributed by atoms with Crippen LogP contribution in [0.15, 0.2) is 64.7 Å². The van der Waals surface area contributed by atoms with Crippen molar-refractivity contribution in [2.24, 2.45) is 0 Å². The zero-order valence-corrected chi connectivity index (χ0v) is 22.7. The first-order valence-electron chi connectivity index (χ1n) is 12.8. The Balaban J connectivity index is 1.23. The number of carbonyl (C=O) groups excluding carboxylic acids is 2. The van der Waals surface area contributed by atoms with E-state index in [1.165, 1.54) is 18.3 Å². The van der Waals surface area contributed by atoms with Gasteiger partial charge in [-0.3, -0.25) is 19.4 Å². The number of carboxylic acid groups (broad SMARTS) is 1. The molecule has 3 aromatic heterocycles. The fraction of sp³-hybridized carbons (Fsp3) is 0.259. The van der Waals surface area contributed by atoms with Gasteiger partial charge in [0.2, 0.25) is 5.95 Å².